The zero-order valence-corrected chi connectivity index (χ0v) is 17.3. The quantitative estimate of drug-likeness (QED) is 0.639. The van der Waals surface area contributed by atoms with Gasteiger partial charge in [0.2, 0.25) is 10.0 Å². The Hall–Kier alpha value is -3.12. The first-order chi connectivity index (χ1) is 13.8. The van der Waals surface area contributed by atoms with Crippen molar-refractivity contribution >= 4 is 21.6 Å². The second kappa shape index (κ2) is 8.92. The first kappa shape index (κ1) is 20.6. The van der Waals surface area contributed by atoms with E-state index in [9.17, 15) is 13.2 Å². The van der Waals surface area contributed by atoms with Gasteiger partial charge in [0.15, 0.2) is 0 Å². The normalized spacial score (nSPS) is 12.2. The zero-order valence-electron chi connectivity index (χ0n) is 16.4. The van der Waals surface area contributed by atoms with Gasteiger partial charge < -0.3 is 5.32 Å². The Labute approximate surface area is 172 Å². The number of sulfonamides is 1. The predicted molar refractivity (Wildman–Crippen MR) is 116 cm³/mol. The van der Waals surface area contributed by atoms with Crippen LogP contribution in [0.5, 0.6) is 0 Å². The van der Waals surface area contributed by atoms with Gasteiger partial charge in [0.25, 0.3) is 5.91 Å². The lowest BCUT2D eigenvalue weighted by atomic mass is 10.1. The van der Waals surface area contributed by atoms with Crippen LogP contribution in [-0.2, 0) is 16.6 Å². The molecule has 0 heterocycles. The highest BCUT2D eigenvalue weighted by atomic mass is 32.2. The summed E-state index contributed by atoms with van der Waals surface area (Å²) in [4.78, 5) is 12.5. The maximum absolute atomic E-state index is 12.5. The number of amides is 1. The highest BCUT2D eigenvalue weighted by molar-refractivity contribution is 7.92. The highest BCUT2D eigenvalue weighted by Crippen LogP contribution is 2.20. The molecule has 29 heavy (non-hydrogen) atoms. The summed E-state index contributed by atoms with van der Waals surface area (Å²) >= 11 is 0. The zero-order chi connectivity index (χ0) is 20.9. The van der Waals surface area contributed by atoms with Gasteiger partial charge >= 0.3 is 0 Å². The minimum absolute atomic E-state index is 0.109. The molecule has 3 rings (SSSR count). The lowest BCUT2D eigenvalue weighted by Crippen LogP contribution is -2.29. The number of anilines is 1. The Balaban J connectivity index is 1.71. The summed E-state index contributed by atoms with van der Waals surface area (Å²) in [5.74, 6) is -0.170. The lowest BCUT2D eigenvalue weighted by Gasteiger charge is -2.22. The molecule has 0 radical (unpaired) electrons. The van der Waals surface area contributed by atoms with Crippen molar-refractivity contribution in [3.63, 3.8) is 0 Å². The van der Waals surface area contributed by atoms with Crippen LogP contribution in [0.2, 0.25) is 0 Å². The smallest absolute Gasteiger partial charge is 0.251 e. The van der Waals surface area contributed by atoms with Crippen LogP contribution in [0, 0.1) is 0 Å². The van der Waals surface area contributed by atoms with Crippen molar-refractivity contribution in [1.29, 1.82) is 0 Å². The fourth-order valence-corrected chi connectivity index (χ4v) is 3.91. The van der Waals surface area contributed by atoms with E-state index < -0.39 is 10.0 Å². The largest absolute Gasteiger partial charge is 0.346 e. The van der Waals surface area contributed by atoms with E-state index in [0.717, 1.165) is 11.1 Å². The van der Waals surface area contributed by atoms with Crippen molar-refractivity contribution in [2.45, 2.75) is 19.5 Å². The lowest BCUT2D eigenvalue weighted by molar-refractivity contribution is 0.0940. The third-order valence-corrected chi connectivity index (χ3v) is 5.77. The molecule has 0 saturated carbocycles. The van der Waals surface area contributed by atoms with E-state index in [0.29, 0.717) is 11.3 Å². The molecule has 0 saturated heterocycles. The second-order valence-corrected chi connectivity index (χ2v) is 8.81. The van der Waals surface area contributed by atoms with Crippen molar-refractivity contribution in [2.24, 2.45) is 0 Å². The molecule has 6 heteroatoms. The number of para-hydroxylation sites is 1. The number of hydrogen-bond donors (Lipinski definition) is 1. The van der Waals surface area contributed by atoms with Crippen LogP contribution >= 0.6 is 0 Å². The number of carbonyl (C=O) groups is 1. The molecule has 3 aromatic carbocycles. The molecule has 0 fully saturated rings. The summed E-state index contributed by atoms with van der Waals surface area (Å²) < 4.78 is 25.8. The van der Waals surface area contributed by atoms with Gasteiger partial charge in [-0.2, -0.15) is 0 Å². The van der Waals surface area contributed by atoms with E-state index in [1.165, 1.54) is 10.6 Å². The number of carbonyl (C=O) groups excluding carboxylic acids is 1. The van der Waals surface area contributed by atoms with Gasteiger partial charge in [0.05, 0.1) is 24.5 Å². The van der Waals surface area contributed by atoms with Gasteiger partial charge in [-0.1, -0.05) is 60.7 Å². The van der Waals surface area contributed by atoms with Gasteiger partial charge in [0.1, 0.15) is 0 Å². The molecule has 1 atom stereocenters. The van der Waals surface area contributed by atoms with E-state index in [2.05, 4.69) is 5.32 Å². The average Bonchev–Trinajstić information content (AvgIpc) is 2.73. The minimum Gasteiger partial charge on any atom is -0.346 e. The SMILES string of the molecule is CC(NC(=O)c1ccc(CN(c2ccccc2)S(C)(=O)=O)cc1)c1ccccc1. The fourth-order valence-electron chi connectivity index (χ4n) is 3.03. The van der Waals surface area contributed by atoms with E-state index in [-0.39, 0.29) is 18.5 Å². The predicted octanol–water partition coefficient (Wildman–Crippen LogP) is 4.14. The molecule has 0 aliphatic heterocycles. The maximum atomic E-state index is 12.5. The molecule has 0 aliphatic rings. The van der Waals surface area contributed by atoms with E-state index in [4.69, 9.17) is 0 Å². The Morgan fingerprint density at radius 1 is 0.897 bits per heavy atom. The Kier molecular flexibility index (Phi) is 6.34. The van der Waals surface area contributed by atoms with E-state index in [1.807, 2.05) is 43.3 Å². The Morgan fingerprint density at radius 3 is 2.00 bits per heavy atom. The van der Waals surface area contributed by atoms with Crippen LogP contribution in [0.25, 0.3) is 0 Å². The van der Waals surface area contributed by atoms with Crippen LogP contribution < -0.4 is 9.62 Å². The number of benzene rings is 3. The minimum atomic E-state index is -3.44. The third kappa shape index (κ3) is 5.45. The van der Waals surface area contributed by atoms with Gasteiger partial charge in [0, 0.05) is 5.56 Å². The number of rotatable bonds is 7. The average molecular weight is 409 g/mol. The van der Waals surface area contributed by atoms with Crippen molar-refractivity contribution in [3.05, 3.63) is 102 Å². The summed E-state index contributed by atoms with van der Waals surface area (Å²) in [5, 5.41) is 2.98. The molecule has 150 valence electrons. The number of nitrogens with zero attached hydrogens (tertiary/aromatic N) is 1. The van der Waals surface area contributed by atoms with Crippen LogP contribution in [-0.4, -0.2) is 20.6 Å². The summed E-state index contributed by atoms with van der Waals surface area (Å²) in [5.41, 5.74) is 2.96. The first-order valence-electron chi connectivity index (χ1n) is 9.32. The molecule has 0 bridgehead atoms. The molecule has 1 amide bonds. The fraction of sp³-hybridized carbons (Fsp3) is 0.174. The van der Waals surface area contributed by atoms with E-state index in [1.54, 1.807) is 48.5 Å². The molecule has 0 spiro atoms. The van der Waals surface area contributed by atoms with Crippen molar-refractivity contribution in [1.82, 2.24) is 5.32 Å². The summed E-state index contributed by atoms with van der Waals surface area (Å²) in [7, 11) is -3.44. The van der Waals surface area contributed by atoms with Gasteiger partial charge in [-0.15, -0.1) is 0 Å². The number of nitrogens with one attached hydrogen (secondary N) is 1. The molecular formula is C23H24N2O3S. The monoisotopic (exact) mass is 408 g/mol. The topological polar surface area (TPSA) is 66.5 Å². The van der Waals surface area contributed by atoms with Gasteiger partial charge in [-0.3, -0.25) is 9.10 Å². The highest BCUT2D eigenvalue weighted by Gasteiger charge is 2.18. The van der Waals surface area contributed by atoms with Crippen LogP contribution in [0.1, 0.15) is 34.5 Å². The molecular weight excluding hydrogens is 384 g/mol. The molecule has 0 aromatic heterocycles. The molecule has 1 unspecified atom stereocenters. The molecule has 0 aliphatic carbocycles. The summed E-state index contributed by atoms with van der Waals surface area (Å²) in [6.07, 6.45) is 1.19. The van der Waals surface area contributed by atoms with Gasteiger partial charge in [-0.05, 0) is 42.3 Å². The summed E-state index contributed by atoms with van der Waals surface area (Å²) in [6, 6.07) is 25.6. The first-order valence-corrected chi connectivity index (χ1v) is 11.2. The van der Waals surface area contributed by atoms with E-state index >= 15 is 0 Å². The van der Waals surface area contributed by atoms with Crippen molar-refractivity contribution < 1.29 is 13.2 Å². The van der Waals surface area contributed by atoms with Crippen LogP contribution in [0.15, 0.2) is 84.9 Å². The van der Waals surface area contributed by atoms with Gasteiger partial charge in [-0.25, -0.2) is 8.42 Å². The second-order valence-electron chi connectivity index (χ2n) is 6.91. The van der Waals surface area contributed by atoms with Crippen LogP contribution in [0.3, 0.4) is 0 Å². The molecule has 3 aromatic rings. The van der Waals surface area contributed by atoms with Crippen LogP contribution in [0.4, 0.5) is 5.69 Å². The standard InChI is InChI=1S/C23H24N2O3S/c1-18(20-9-5-3-6-10-20)24-23(26)21-15-13-19(14-16-21)17-25(29(2,27)28)22-11-7-4-8-12-22/h3-16,18H,17H2,1-2H3,(H,24,26). The summed E-state index contributed by atoms with van der Waals surface area (Å²) in [6.45, 7) is 2.14. The molecule has 1 N–H and O–H groups in total. The van der Waals surface area contributed by atoms with Crippen molar-refractivity contribution in [2.75, 3.05) is 10.6 Å². The molecule has 5 nitrogen and oxygen atoms in total. The van der Waals surface area contributed by atoms with Crippen molar-refractivity contribution in [3.8, 4) is 0 Å². The third-order valence-electron chi connectivity index (χ3n) is 4.63. The Bertz CT molecular complexity index is 1050. The maximum Gasteiger partial charge on any atom is 0.251 e. The Morgan fingerprint density at radius 2 is 1.45 bits per heavy atom. The number of hydrogen-bond acceptors (Lipinski definition) is 3.